The highest BCUT2D eigenvalue weighted by Gasteiger charge is 2.42. The van der Waals surface area contributed by atoms with Gasteiger partial charge < -0.3 is 29.7 Å². The summed E-state index contributed by atoms with van der Waals surface area (Å²) in [6.45, 7) is 1.34. The maximum Gasteiger partial charge on any atom is 0.270 e. The van der Waals surface area contributed by atoms with Gasteiger partial charge in [-0.1, -0.05) is 0 Å². The Bertz CT molecular complexity index is 1150. The van der Waals surface area contributed by atoms with E-state index in [0.717, 1.165) is 10.9 Å². The third-order valence-corrected chi connectivity index (χ3v) is 7.50. The van der Waals surface area contributed by atoms with E-state index in [4.69, 9.17) is 4.74 Å². The Morgan fingerprint density at radius 1 is 1.08 bits per heavy atom. The number of rotatable bonds is 7. The molecule has 1 atom stereocenters. The van der Waals surface area contributed by atoms with E-state index in [9.17, 15) is 23.2 Å². The monoisotopic (exact) mass is 519 g/mol. The molecule has 202 valence electrons. The van der Waals surface area contributed by atoms with Crippen LogP contribution in [0.25, 0.3) is 10.9 Å². The lowest BCUT2D eigenvalue weighted by Gasteiger charge is -2.39. The van der Waals surface area contributed by atoms with Crippen LogP contribution in [0, 0.1) is 5.92 Å². The molecule has 2 N–H and O–H groups in total. The van der Waals surface area contributed by atoms with E-state index in [1.54, 1.807) is 24.0 Å². The molecule has 3 amide bonds. The number of piperazine rings is 1. The lowest BCUT2D eigenvalue weighted by Crippen LogP contribution is -2.58. The number of alkyl halides is 2. The summed E-state index contributed by atoms with van der Waals surface area (Å²) >= 11 is 0. The molecule has 9 nitrogen and oxygen atoms in total. The van der Waals surface area contributed by atoms with Gasteiger partial charge in [-0.15, -0.1) is 0 Å². The van der Waals surface area contributed by atoms with Crippen LogP contribution in [0.4, 0.5) is 8.78 Å². The number of benzene rings is 1. The number of carbonyl (C=O) groups excluding carboxylic acids is 3. The van der Waals surface area contributed by atoms with Gasteiger partial charge >= 0.3 is 0 Å². The van der Waals surface area contributed by atoms with Crippen LogP contribution in [-0.4, -0.2) is 90.9 Å². The first kappa shape index (κ1) is 26.8. The molecular weight excluding hydrogens is 484 g/mol. The minimum absolute atomic E-state index is 0.0336. The van der Waals surface area contributed by atoms with Crippen molar-refractivity contribution in [3.8, 4) is 5.75 Å². The Morgan fingerprint density at radius 2 is 1.73 bits per heavy atom. The van der Waals surface area contributed by atoms with Gasteiger partial charge in [0.25, 0.3) is 5.91 Å². The summed E-state index contributed by atoms with van der Waals surface area (Å²) in [5.74, 6) is -3.11. The maximum absolute atomic E-state index is 13.7. The molecule has 0 spiro atoms. The summed E-state index contributed by atoms with van der Waals surface area (Å²) < 4.78 is 34.6. The number of hydrogen-bond acceptors (Lipinski definition) is 5. The Morgan fingerprint density at radius 3 is 2.35 bits per heavy atom. The average Bonchev–Trinajstić information content (AvgIpc) is 3.22. The van der Waals surface area contributed by atoms with E-state index in [2.05, 4.69) is 10.6 Å². The van der Waals surface area contributed by atoms with Gasteiger partial charge in [-0.3, -0.25) is 14.4 Å². The first-order valence-corrected chi connectivity index (χ1v) is 12.7. The van der Waals surface area contributed by atoms with Gasteiger partial charge in [-0.2, -0.15) is 0 Å². The number of nitrogens with one attached hydrogen (secondary N) is 2. The third kappa shape index (κ3) is 5.87. The number of aryl methyl sites for hydroxylation is 1. The Labute approximate surface area is 215 Å². The van der Waals surface area contributed by atoms with Crippen LogP contribution >= 0.6 is 0 Å². The number of halogens is 2. The minimum Gasteiger partial charge on any atom is -0.497 e. The van der Waals surface area contributed by atoms with Gasteiger partial charge in [0.05, 0.1) is 19.2 Å². The fraction of sp³-hybridized carbons (Fsp3) is 0.577. The van der Waals surface area contributed by atoms with Crippen molar-refractivity contribution in [3.63, 3.8) is 0 Å². The fourth-order valence-electron chi connectivity index (χ4n) is 5.29. The van der Waals surface area contributed by atoms with Crippen molar-refractivity contribution in [3.05, 3.63) is 30.0 Å². The van der Waals surface area contributed by atoms with E-state index >= 15 is 0 Å². The van der Waals surface area contributed by atoms with Crippen LogP contribution in [0.1, 0.15) is 36.2 Å². The maximum atomic E-state index is 13.7. The Hall–Kier alpha value is -3.21. The molecule has 2 fully saturated rings. The largest absolute Gasteiger partial charge is 0.497 e. The molecule has 1 aliphatic heterocycles. The first-order valence-electron chi connectivity index (χ1n) is 12.7. The van der Waals surface area contributed by atoms with Gasteiger partial charge in [0, 0.05) is 57.5 Å². The van der Waals surface area contributed by atoms with E-state index in [1.165, 1.54) is 0 Å². The number of ether oxygens (including phenoxy) is 1. The highest BCUT2D eigenvalue weighted by Crippen LogP contribution is 2.38. The van der Waals surface area contributed by atoms with Crippen molar-refractivity contribution < 1.29 is 27.9 Å². The third-order valence-electron chi connectivity index (χ3n) is 7.50. The lowest BCUT2D eigenvalue weighted by atomic mass is 9.81. The molecule has 2 aliphatic rings. The van der Waals surface area contributed by atoms with Crippen molar-refractivity contribution in [1.82, 2.24) is 25.0 Å². The van der Waals surface area contributed by atoms with Crippen molar-refractivity contribution in [2.45, 2.75) is 37.6 Å². The smallest absolute Gasteiger partial charge is 0.270 e. The normalized spacial score (nSPS) is 19.1. The molecule has 1 saturated heterocycles. The lowest BCUT2D eigenvalue weighted by molar-refractivity contribution is -0.140. The average molecular weight is 520 g/mol. The second kappa shape index (κ2) is 11.0. The van der Waals surface area contributed by atoms with Gasteiger partial charge in [-0.25, -0.2) is 8.78 Å². The van der Waals surface area contributed by atoms with E-state index in [1.807, 2.05) is 35.9 Å². The van der Waals surface area contributed by atoms with Gasteiger partial charge in [-0.05, 0) is 44.0 Å². The van der Waals surface area contributed by atoms with Crippen molar-refractivity contribution in [2.24, 2.45) is 13.0 Å². The predicted molar refractivity (Wildman–Crippen MR) is 135 cm³/mol. The van der Waals surface area contributed by atoms with Gasteiger partial charge in [0.15, 0.2) is 0 Å². The number of nitrogens with zero attached hydrogens (tertiary/aromatic N) is 3. The summed E-state index contributed by atoms with van der Waals surface area (Å²) in [6, 6.07) is 6.63. The Kier molecular flexibility index (Phi) is 8.01. The standard InChI is InChI=1S/C26H35F2N5O4/c1-29-16-22(34)30-23(17-6-8-26(27,28)9-7-17)25(36)33-12-10-32(11-13-33)24(35)21-14-18-4-5-19(37-3)15-20(18)31(21)2/h4-5,14-15,17,23,29H,6-13,16H2,1-3H3,(H,30,34). The quantitative estimate of drug-likeness (QED) is 0.584. The molecule has 0 radical (unpaired) electrons. The van der Waals surface area contributed by atoms with Crippen LogP contribution in [0.2, 0.25) is 0 Å². The number of aromatic nitrogens is 1. The summed E-state index contributed by atoms with van der Waals surface area (Å²) in [5.41, 5.74) is 1.43. The molecule has 0 bridgehead atoms. The summed E-state index contributed by atoms with van der Waals surface area (Å²) in [5, 5.41) is 6.45. The van der Waals surface area contributed by atoms with Gasteiger partial charge in [0.1, 0.15) is 17.5 Å². The molecule has 1 aromatic carbocycles. The topological polar surface area (TPSA) is 95.9 Å². The van der Waals surface area contributed by atoms with Crippen molar-refractivity contribution >= 4 is 28.6 Å². The van der Waals surface area contributed by atoms with Crippen LogP contribution < -0.4 is 15.4 Å². The summed E-state index contributed by atoms with van der Waals surface area (Å²) in [4.78, 5) is 42.4. The zero-order valence-corrected chi connectivity index (χ0v) is 21.6. The van der Waals surface area contributed by atoms with Crippen LogP contribution in [0.3, 0.4) is 0 Å². The zero-order valence-electron chi connectivity index (χ0n) is 21.6. The highest BCUT2D eigenvalue weighted by atomic mass is 19.3. The number of fused-ring (bicyclic) bond motifs is 1. The Balaban J connectivity index is 1.42. The van der Waals surface area contributed by atoms with Crippen LogP contribution in [-0.2, 0) is 16.6 Å². The first-order chi connectivity index (χ1) is 17.6. The molecule has 37 heavy (non-hydrogen) atoms. The van der Waals surface area contributed by atoms with E-state index < -0.39 is 12.0 Å². The number of carbonyl (C=O) groups is 3. The molecule has 11 heteroatoms. The second-order valence-corrected chi connectivity index (χ2v) is 9.90. The van der Waals surface area contributed by atoms with Crippen LogP contribution in [0.5, 0.6) is 5.75 Å². The van der Waals surface area contributed by atoms with Gasteiger partial charge in [0.2, 0.25) is 17.7 Å². The van der Waals surface area contributed by atoms with E-state index in [0.29, 0.717) is 37.6 Å². The molecule has 4 rings (SSSR count). The molecule has 1 aliphatic carbocycles. The number of amides is 3. The van der Waals surface area contributed by atoms with Crippen LogP contribution in [0.15, 0.2) is 24.3 Å². The van der Waals surface area contributed by atoms with E-state index in [-0.39, 0.29) is 55.9 Å². The minimum atomic E-state index is -2.72. The fourth-order valence-corrected chi connectivity index (χ4v) is 5.29. The van der Waals surface area contributed by atoms with Crippen molar-refractivity contribution in [2.75, 3.05) is 46.9 Å². The van der Waals surface area contributed by atoms with Crippen molar-refractivity contribution in [1.29, 1.82) is 0 Å². The predicted octanol–water partition coefficient (Wildman–Crippen LogP) is 2.00. The molecular formula is C26H35F2N5O4. The molecule has 2 heterocycles. The molecule has 1 saturated carbocycles. The zero-order chi connectivity index (χ0) is 26.7. The highest BCUT2D eigenvalue weighted by molar-refractivity contribution is 5.99. The number of likely N-dealkylation sites (N-methyl/N-ethyl adjacent to an activating group) is 1. The summed E-state index contributed by atoms with van der Waals surface area (Å²) in [6.07, 6.45) is -0.230. The molecule has 2 aromatic rings. The molecule has 1 aromatic heterocycles. The SMILES string of the molecule is CNCC(=O)NC(C(=O)N1CCN(C(=O)c2cc3ccc(OC)cc3n2C)CC1)C1CCC(F)(F)CC1. The molecule has 1 unspecified atom stereocenters. The number of methoxy groups -OCH3 is 1. The summed E-state index contributed by atoms with van der Waals surface area (Å²) in [7, 11) is 5.05. The second-order valence-electron chi connectivity index (χ2n) is 9.90. The number of hydrogen-bond donors (Lipinski definition) is 2.